The number of nitrogens with zero attached hydrogens (tertiary/aromatic N) is 3. The van der Waals surface area contributed by atoms with Gasteiger partial charge in [-0.05, 0) is 63.2 Å². The SMILES string of the molecule is CCN(CC)CCCCCc1ccn(-c2ccc(Cl)c(Cl)c2)n1. The molecule has 0 amide bonds. The van der Waals surface area contributed by atoms with Crippen molar-refractivity contribution in [3.63, 3.8) is 0 Å². The van der Waals surface area contributed by atoms with Gasteiger partial charge in [-0.15, -0.1) is 0 Å². The fourth-order valence-corrected chi connectivity index (χ4v) is 2.92. The van der Waals surface area contributed by atoms with Crippen LogP contribution in [0.1, 0.15) is 38.8 Å². The molecule has 0 N–H and O–H groups in total. The third-order valence-corrected chi connectivity index (χ3v) is 4.85. The average molecular weight is 354 g/mol. The second-order valence-corrected chi connectivity index (χ2v) is 6.50. The van der Waals surface area contributed by atoms with Crippen LogP contribution in [0.15, 0.2) is 30.5 Å². The van der Waals surface area contributed by atoms with Crippen LogP contribution in [0.25, 0.3) is 5.69 Å². The van der Waals surface area contributed by atoms with Crippen LogP contribution in [0.5, 0.6) is 0 Å². The molecule has 0 spiro atoms. The molecule has 0 aliphatic carbocycles. The Balaban J connectivity index is 1.80. The van der Waals surface area contributed by atoms with Gasteiger partial charge in [-0.1, -0.05) is 43.5 Å². The van der Waals surface area contributed by atoms with E-state index < -0.39 is 0 Å². The van der Waals surface area contributed by atoms with Gasteiger partial charge in [-0.25, -0.2) is 4.68 Å². The van der Waals surface area contributed by atoms with Crippen molar-refractivity contribution in [1.82, 2.24) is 14.7 Å². The molecule has 2 rings (SSSR count). The van der Waals surface area contributed by atoms with Crippen LogP contribution < -0.4 is 0 Å². The zero-order chi connectivity index (χ0) is 16.7. The van der Waals surface area contributed by atoms with Crippen molar-refractivity contribution in [2.75, 3.05) is 19.6 Å². The summed E-state index contributed by atoms with van der Waals surface area (Å²) in [7, 11) is 0. The van der Waals surface area contributed by atoms with E-state index in [1.165, 1.54) is 25.8 Å². The van der Waals surface area contributed by atoms with E-state index in [1.54, 1.807) is 6.07 Å². The maximum absolute atomic E-state index is 6.06. The minimum absolute atomic E-state index is 0.553. The van der Waals surface area contributed by atoms with E-state index in [0.29, 0.717) is 10.0 Å². The lowest BCUT2D eigenvalue weighted by Crippen LogP contribution is -2.23. The lowest BCUT2D eigenvalue weighted by molar-refractivity contribution is 0.296. The summed E-state index contributed by atoms with van der Waals surface area (Å²) in [6, 6.07) is 7.64. The van der Waals surface area contributed by atoms with Crippen molar-refractivity contribution < 1.29 is 0 Å². The van der Waals surface area contributed by atoms with Crippen LogP contribution in [0.4, 0.5) is 0 Å². The van der Waals surface area contributed by atoms with E-state index in [2.05, 4.69) is 29.9 Å². The van der Waals surface area contributed by atoms with E-state index in [4.69, 9.17) is 23.2 Å². The van der Waals surface area contributed by atoms with Gasteiger partial charge >= 0.3 is 0 Å². The monoisotopic (exact) mass is 353 g/mol. The third-order valence-electron chi connectivity index (χ3n) is 4.11. The first-order valence-electron chi connectivity index (χ1n) is 8.36. The molecule has 0 bridgehead atoms. The average Bonchev–Trinajstić information content (AvgIpc) is 3.02. The zero-order valence-electron chi connectivity index (χ0n) is 13.9. The number of aromatic nitrogens is 2. The highest BCUT2D eigenvalue weighted by Gasteiger charge is 2.05. The Morgan fingerprint density at radius 2 is 1.78 bits per heavy atom. The summed E-state index contributed by atoms with van der Waals surface area (Å²) in [6.45, 7) is 7.93. The molecular formula is C18H25Cl2N3. The molecule has 0 fully saturated rings. The van der Waals surface area contributed by atoms with Crippen LogP contribution >= 0.6 is 23.2 Å². The number of rotatable bonds is 9. The van der Waals surface area contributed by atoms with Gasteiger partial charge in [0.1, 0.15) is 0 Å². The lowest BCUT2D eigenvalue weighted by atomic mass is 10.1. The molecule has 0 atom stereocenters. The van der Waals surface area contributed by atoms with E-state index in [-0.39, 0.29) is 0 Å². The number of hydrogen-bond acceptors (Lipinski definition) is 2. The first kappa shape index (κ1) is 18.3. The van der Waals surface area contributed by atoms with Crippen molar-refractivity contribution in [1.29, 1.82) is 0 Å². The number of benzene rings is 1. The fourth-order valence-electron chi connectivity index (χ4n) is 2.62. The molecule has 0 saturated carbocycles. The molecule has 126 valence electrons. The maximum Gasteiger partial charge on any atom is 0.0661 e. The van der Waals surface area contributed by atoms with Gasteiger partial charge in [0, 0.05) is 6.20 Å². The summed E-state index contributed by atoms with van der Waals surface area (Å²) in [6.07, 6.45) is 6.68. The summed E-state index contributed by atoms with van der Waals surface area (Å²) < 4.78 is 1.85. The standard InChI is InChI=1S/C18H25Cl2N3/c1-3-22(4-2)12-7-5-6-8-15-11-13-23(21-15)16-9-10-17(19)18(20)14-16/h9-11,13-14H,3-8,12H2,1-2H3. The number of hydrogen-bond donors (Lipinski definition) is 0. The Hall–Kier alpha value is -1.03. The summed E-state index contributed by atoms with van der Waals surface area (Å²) in [5.41, 5.74) is 2.06. The molecule has 2 aromatic rings. The van der Waals surface area contributed by atoms with Gasteiger partial charge < -0.3 is 4.90 Å². The van der Waals surface area contributed by atoms with Crippen LogP contribution in [0.2, 0.25) is 10.0 Å². The minimum Gasteiger partial charge on any atom is -0.304 e. The zero-order valence-corrected chi connectivity index (χ0v) is 15.4. The molecule has 0 aliphatic heterocycles. The lowest BCUT2D eigenvalue weighted by Gasteiger charge is -2.17. The topological polar surface area (TPSA) is 21.1 Å². The number of aryl methyl sites for hydroxylation is 1. The highest BCUT2D eigenvalue weighted by atomic mass is 35.5. The highest BCUT2D eigenvalue weighted by molar-refractivity contribution is 6.42. The van der Waals surface area contributed by atoms with Crippen molar-refractivity contribution >= 4 is 23.2 Å². The van der Waals surface area contributed by atoms with Crippen molar-refractivity contribution in [2.24, 2.45) is 0 Å². The smallest absolute Gasteiger partial charge is 0.0661 e. The normalized spacial score (nSPS) is 11.3. The molecule has 1 aromatic carbocycles. The summed E-state index contributed by atoms with van der Waals surface area (Å²) in [5, 5.41) is 5.74. The molecule has 0 saturated heterocycles. The largest absolute Gasteiger partial charge is 0.304 e. The van der Waals surface area contributed by atoms with E-state index in [1.807, 2.05) is 23.0 Å². The predicted octanol–water partition coefficient (Wildman–Crippen LogP) is 5.23. The minimum atomic E-state index is 0.553. The Bertz CT molecular complexity index is 606. The van der Waals surface area contributed by atoms with Crippen LogP contribution in [-0.2, 0) is 6.42 Å². The van der Waals surface area contributed by atoms with Gasteiger partial charge in [0.25, 0.3) is 0 Å². The van der Waals surface area contributed by atoms with Crippen LogP contribution in [0.3, 0.4) is 0 Å². The first-order chi connectivity index (χ1) is 11.1. The predicted molar refractivity (Wildman–Crippen MR) is 98.9 cm³/mol. The van der Waals surface area contributed by atoms with Gasteiger partial charge in [0.2, 0.25) is 0 Å². The Kier molecular flexibility index (Phi) is 7.41. The van der Waals surface area contributed by atoms with Gasteiger partial charge in [-0.3, -0.25) is 0 Å². The number of unbranched alkanes of at least 4 members (excludes halogenated alkanes) is 2. The summed E-state index contributed by atoms with van der Waals surface area (Å²) >= 11 is 12.0. The molecule has 3 nitrogen and oxygen atoms in total. The molecule has 23 heavy (non-hydrogen) atoms. The second-order valence-electron chi connectivity index (χ2n) is 5.69. The Morgan fingerprint density at radius 3 is 2.48 bits per heavy atom. The molecule has 1 heterocycles. The van der Waals surface area contributed by atoms with Crippen LogP contribution in [0, 0.1) is 0 Å². The maximum atomic E-state index is 6.06. The molecule has 1 aromatic heterocycles. The molecule has 0 radical (unpaired) electrons. The highest BCUT2D eigenvalue weighted by Crippen LogP contribution is 2.24. The molecule has 5 heteroatoms. The van der Waals surface area contributed by atoms with Gasteiger partial charge in [0.05, 0.1) is 21.4 Å². The Labute approximate surface area is 149 Å². The quantitative estimate of drug-likeness (QED) is 0.575. The van der Waals surface area contributed by atoms with Crippen molar-refractivity contribution in [3.05, 3.63) is 46.2 Å². The van der Waals surface area contributed by atoms with E-state index >= 15 is 0 Å². The van der Waals surface area contributed by atoms with E-state index in [9.17, 15) is 0 Å². The molecule has 0 aliphatic rings. The molecular weight excluding hydrogens is 329 g/mol. The van der Waals surface area contributed by atoms with Crippen molar-refractivity contribution in [2.45, 2.75) is 39.5 Å². The number of halogens is 2. The van der Waals surface area contributed by atoms with Gasteiger partial charge in [-0.2, -0.15) is 5.10 Å². The summed E-state index contributed by atoms with van der Waals surface area (Å²) in [4.78, 5) is 2.47. The molecule has 0 unspecified atom stereocenters. The third kappa shape index (κ3) is 5.52. The van der Waals surface area contributed by atoms with Gasteiger partial charge in [0.15, 0.2) is 0 Å². The van der Waals surface area contributed by atoms with E-state index in [0.717, 1.165) is 30.9 Å². The fraction of sp³-hybridized carbons (Fsp3) is 0.500. The Morgan fingerprint density at radius 1 is 1.00 bits per heavy atom. The van der Waals surface area contributed by atoms with Crippen LogP contribution in [-0.4, -0.2) is 34.3 Å². The first-order valence-corrected chi connectivity index (χ1v) is 9.12. The van der Waals surface area contributed by atoms with Crippen molar-refractivity contribution in [3.8, 4) is 5.69 Å². The summed E-state index contributed by atoms with van der Waals surface area (Å²) in [5.74, 6) is 0. The second kappa shape index (κ2) is 9.31.